The summed E-state index contributed by atoms with van der Waals surface area (Å²) in [7, 11) is -3.38. The Kier molecular flexibility index (Phi) is 4.04. The first-order chi connectivity index (χ1) is 8.55. The van der Waals surface area contributed by atoms with Crippen LogP contribution in [-0.2, 0) is 16.6 Å². The maximum atomic E-state index is 12.5. The summed E-state index contributed by atoms with van der Waals surface area (Å²) in [6.07, 6.45) is 2.95. The fourth-order valence-electron chi connectivity index (χ4n) is 2.33. The van der Waals surface area contributed by atoms with E-state index >= 15 is 0 Å². The van der Waals surface area contributed by atoms with Gasteiger partial charge in [-0.1, -0.05) is 18.6 Å². The van der Waals surface area contributed by atoms with Crippen LogP contribution in [0, 0.1) is 0 Å². The molecule has 1 saturated heterocycles. The van der Waals surface area contributed by atoms with Crippen molar-refractivity contribution in [3.05, 3.63) is 29.8 Å². The third-order valence-corrected chi connectivity index (χ3v) is 5.48. The van der Waals surface area contributed by atoms with Gasteiger partial charge in [0.25, 0.3) is 0 Å². The molecule has 1 aromatic carbocycles. The Morgan fingerprint density at radius 3 is 2.50 bits per heavy atom. The number of sulfonamides is 1. The van der Waals surface area contributed by atoms with Crippen LogP contribution in [0.5, 0.6) is 0 Å². The van der Waals surface area contributed by atoms with Gasteiger partial charge in [-0.05, 0) is 37.5 Å². The average molecular weight is 269 g/mol. The van der Waals surface area contributed by atoms with E-state index < -0.39 is 10.0 Å². The van der Waals surface area contributed by atoms with Gasteiger partial charge in [-0.2, -0.15) is 4.31 Å². The molecule has 0 aromatic heterocycles. The van der Waals surface area contributed by atoms with E-state index in [-0.39, 0.29) is 12.6 Å². The van der Waals surface area contributed by atoms with Crippen LogP contribution in [0.4, 0.5) is 0 Å². The summed E-state index contributed by atoms with van der Waals surface area (Å²) in [5.74, 6) is 0. The molecular formula is C13H19NO3S. The lowest BCUT2D eigenvalue weighted by Crippen LogP contribution is -2.41. The predicted octanol–water partition coefficient (Wildman–Crippen LogP) is 1.74. The monoisotopic (exact) mass is 269 g/mol. The number of benzene rings is 1. The Labute approximate surface area is 108 Å². The van der Waals surface area contributed by atoms with Gasteiger partial charge in [0.1, 0.15) is 0 Å². The molecule has 1 aromatic rings. The minimum atomic E-state index is -3.38. The Morgan fingerprint density at radius 1 is 1.28 bits per heavy atom. The SMILES string of the molecule is CC1CCCCN1S(=O)(=O)c1ccc(CO)cc1. The van der Waals surface area contributed by atoms with Crippen molar-refractivity contribution in [2.45, 2.75) is 43.7 Å². The summed E-state index contributed by atoms with van der Waals surface area (Å²) in [5.41, 5.74) is 0.723. The Morgan fingerprint density at radius 2 is 1.94 bits per heavy atom. The Balaban J connectivity index is 2.28. The van der Waals surface area contributed by atoms with Crippen molar-refractivity contribution in [3.8, 4) is 0 Å². The highest BCUT2D eigenvalue weighted by atomic mass is 32.2. The summed E-state index contributed by atoms with van der Waals surface area (Å²) >= 11 is 0. The topological polar surface area (TPSA) is 57.6 Å². The predicted molar refractivity (Wildman–Crippen MR) is 69.6 cm³/mol. The normalized spacial score (nSPS) is 22.0. The van der Waals surface area contributed by atoms with E-state index in [1.165, 1.54) is 0 Å². The molecule has 100 valence electrons. The van der Waals surface area contributed by atoms with Crippen LogP contribution >= 0.6 is 0 Å². The highest BCUT2D eigenvalue weighted by Crippen LogP contribution is 2.25. The summed E-state index contributed by atoms with van der Waals surface area (Å²) in [5, 5.41) is 8.96. The molecule has 0 saturated carbocycles. The van der Waals surface area contributed by atoms with Gasteiger partial charge in [-0.25, -0.2) is 8.42 Å². The molecule has 1 unspecified atom stereocenters. The maximum absolute atomic E-state index is 12.5. The smallest absolute Gasteiger partial charge is 0.243 e. The van der Waals surface area contributed by atoms with Crippen LogP contribution < -0.4 is 0 Å². The van der Waals surface area contributed by atoms with Crippen LogP contribution in [-0.4, -0.2) is 30.4 Å². The third-order valence-electron chi connectivity index (χ3n) is 3.45. The molecule has 0 spiro atoms. The van der Waals surface area contributed by atoms with Crippen molar-refractivity contribution >= 4 is 10.0 Å². The molecule has 0 amide bonds. The van der Waals surface area contributed by atoms with Gasteiger partial charge in [-0.15, -0.1) is 0 Å². The van der Waals surface area contributed by atoms with Crippen molar-refractivity contribution in [2.75, 3.05) is 6.54 Å². The zero-order valence-electron chi connectivity index (χ0n) is 10.5. The minimum absolute atomic E-state index is 0.0690. The van der Waals surface area contributed by atoms with Gasteiger partial charge in [0.05, 0.1) is 11.5 Å². The number of rotatable bonds is 3. The molecule has 2 rings (SSSR count). The number of piperidine rings is 1. The van der Waals surface area contributed by atoms with Gasteiger partial charge >= 0.3 is 0 Å². The van der Waals surface area contributed by atoms with Crippen molar-refractivity contribution in [3.63, 3.8) is 0 Å². The number of aliphatic hydroxyl groups excluding tert-OH is 1. The summed E-state index contributed by atoms with van der Waals surface area (Å²) in [4.78, 5) is 0.313. The molecular weight excluding hydrogens is 250 g/mol. The lowest BCUT2D eigenvalue weighted by atomic mass is 10.1. The number of aliphatic hydroxyl groups is 1. The quantitative estimate of drug-likeness (QED) is 0.909. The molecule has 1 aliphatic rings. The maximum Gasteiger partial charge on any atom is 0.243 e. The highest BCUT2D eigenvalue weighted by molar-refractivity contribution is 7.89. The van der Waals surface area contributed by atoms with Crippen LogP contribution in [0.3, 0.4) is 0 Å². The van der Waals surface area contributed by atoms with Gasteiger partial charge < -0.3 is 5.11 Å². The Hall–Kier alpha value is -0.910. The van der Waals surface area contributed by atoms with Gasteiger partial charge in [0.2, 0.25) is 10.0 Å². The molecule has 1 heterocycles. The summed E-state index contributed by atoms with van der Waals surface area (Å²) in [6.45, 7) is 2.49. The van der Waals surface area contributed by atoms with E-state index in [2.05, 4.69) is 0 Å². The lowest BCUT2D eigenvalue weighted by Gasteiger charge is -2.32. The molecule has 18 heavy (non-hydrogen) atoms. The van der Waals surface area contributed by atoms with Crippen molar-refractivity contribution in [1.82, 2.24) is 4.31 Å². The van der Waals surface area contributed by atoms with Gasteiger partial charge in [-0.3, -0.25) is 0 Å². The molecule has 0 radical (unpaired) electrons. The second kappa shape index (κ2) is 5.38. The van der Waals surface area contributed by atoms with Crippen molar-refractivity contribution in [2.24, 2.45) is 0 Å². The van der Waals surface area contributed by atoms with E-state index in [1.807, 2.05) is 6.92 Å². The molecule has 1 atom stereocenters. The molecule has 1 fully saturated rings. The van der Waals surface area contributed by atoms with E-state index in [4.69, 9.17) is 5.11 Å². The summed E-state index contributed by atoms with van der Waals surface area (Å²) in [6, 6.07) is 6.52. The molecule has 1 N–H and O–H groups in total. The minimum Gasteiger partial charge on any atom is -0.392 e. The highest BCUT2D eigenvalue weighted by Gasteiger charge is 2.30. The van der Waals surface area contributed by atoms with E-state index in [0.717, 1.165) is 24.8 Å². The van der Waals surface area contributed by atoms with Crippen LogP contribution in [0.1, 0.15) is 31.7 Å². The van der Waals surface area contributed by atoms with Gasteiger partial charge in [0.15, 0.2) is 0 Å². The van der Waals surface area contributed by atoms with Crippen LogP contribution in [0.15, 0.2) is 29.2 Å². The van der Waals surface area contributed by atoms with Crippen molar-refractivity contribution < 1.29 is 13.5 Å². The van der Waals surface area contributed by atoms with E-state index in [9.17, 15) is 8.42 Å². The third kappa shape index (κ3) is 2.58. The molecule has 0 bridgehead atoms. The molecule has 4 nitrogen and oxygen atoms in total. The molecule has 1 aliphatic heterocycles. The second-order valence-corrected chi connectivity index (χ2v) is 6.65. The average Bonchev–Trinajstić information content (AvgIpc) is 2.39. The van der Waals surface area contributed by atoms with Crippen molar-refractivity contribution in [1.29, 1.82) is 0 Å². The molecule has 5 heteroatoms. The number of hydrogen-bond donors (Lipinski definition) is 1. The standard InChI is InChI=1S/C13H19NO3S/c1-11-4-2-3-9-14(11)18(16,17)13-7-5-12(10-15)6-8-13/h5-8,11,15H,2-4,9-10H2,1H3. The van der Waals surface area contributed by atoms with Gasteiger partial charge in [0, 0.05) is 12.6 Å². The number of nitrogens with zero attached hydrogens (tertiary/aromatic N) is 1. The first-order valence-corrected chi connectivity index (χ1v) is 7.71. The first-order valence-electron chi connectivity index (χ1n) is 6.27. The summed E-state index contributed by atoms with van der Waals surface area (Å²) < 4.78 is 26.5. The zero-order valence-corrected chi connectivity index (χ0v) is 11.4. The number of hydrogen-bond acceptors (Lipinski definition) is 3. The van der Waals surface area contributed by atoms with Crippen LogP contribution in [0.25, 0.3) is 0 Å². The van der Waals surface area contributed by atoms with E-state index in [1.54, 1.807) is 28.6 Å². The Bertz CT molecular complexity index is 495. The fourth-order valence-corrected chi connectivity index (χ4v) is 4.03. The second-order valence-electron chi connectivity index (χ2n) is 4.76. The van der Waals surface area contributed by atoms with Crippen LogP contribution in [0.2, 0.25) is 0 Å². The lowest BCUT2D eigenvalue weighted by molar-refractivity contribution is 0.268. The zero-order chi connectivity index (χ0) is 13.2. The molecule has 0 aliphatic carbocycles. The fraction of sp³-hybridized carbons (Fsp3) is 0.538. The van der Waals surface area contributed by atoms with E-state index in [0.29, 0.717) is 11.4 Å². The first kappa shape index (κ1) is 13.5. The largest absolute Gasteiger partial charge is 0.392 e.